The van der Waals surface area contributed by atoms with Gasteiger partial charge in [0.05, 0.1) is 17.5 Å². The van der Waals surface area contributed by atoms with Crippen LogP contribution in [0.4, 0.5) is 18.9 Å². The second-order valence-corrected chi connectivity index (χ2v) is 6.69. The van der Waals surface area contributed by atoms with E-state index in [4.69, 9.17) is 0 Å². The van der Waals surface area contributed by atoms with Crippen molar-refractivity contribution in [1.29, 1.82) is 5.26 Å². The average Bonchev–Trinajstić information content (AvgIpc) is 2.67. The zero-order valence-corrected chi connectivity index (χ0v) is 15.9. The predicted octanol–water partition coefficient (Wildman–Crippen LogP) is 3.60. The molecule has 150 valence electrons. The van der Waals surface area contributed by atoms with E-state index in [-0.39, 0.29) is 28.5 Å². The summed E-state index contributed by atoms with van der Waals surface area (Å²) < 4.78 is 40.9. The average molecular weight is 401 g/mol. The van der Waals surface area contributed by atoms with Crippen LogP contribution in [0.25, 0.3) is 16.7 Å². The molecular weight excluding hydrogens is 383 g/mol. The molecule has 6 nitrogen and oxygen atoms in total. The third kappa shape index (κ3) is 3.79. The van der Waals surface area contributed by atoms with Crippen LogP contribution in [0.2, 0.25) is 0 Å². The molecule has 2 heterocycles. The van der Waals surface area contributed by atoms with Gasteiger partial charge in [-0.15, -0.1) is 0 Å². The molecule has 0 aliphatic rings. The molecule has 0 saturated carbocycles. The number of nitrogens with one attached hydrogen (secondary N) is 1. The second kappa shape index (κ2) is 7.56. The van der Waals surface area contributed by atoms with Gasteiger partial charge in [0.2, 0.25) is 0 Å². The number of anilines is 1. The van der Waals surface area contributed by atoms with E-state index in [1.165, 1.54) is 6.07 Å². The highest BCUT2D eigenvalue weighted by atomic mass is 19.4. The molecular formula is C20H18F3N5O. The number of nitriles is 1. The number of alkyl halides is 3. The minimum Gasteiger partial charge on any atom is -0.368 e. The van der Waals surface area contributed by atoms with Gasteiger partial charge in [-0.1, -0.05) is 18.2 Å². The molecule has 0 fully saturated rings. The Balaban J connectivity index is 2.45. The zero-order valence-electron chi connectivity index (χ0n) is 15.9. The first-order valence-electron chi connectivity index (χ1n) is 8.70. The molecule has 0 aliphatic heterocycles. The van der Waals surface area contributed by atoms with Crippen LogP contribution in [0.1, 0.15) is 18.2 Å². The molecule has 0 saturated heterocycles. The molecule has 1 atom stereocenters. The quantitative estimate of drug-likeness (QED) is 0.677. The maximum Gasteiger partial charge on any atom is 0.433 e. The number of benzene rings is 1. The van der Waals surface area contributed by atoms with Gasteiger partial charge in [0.1, 0.15) is 23.0 Å². The van der Waals surface area contributed by atoms with Gasteiger partial charge >= 0.3 is 6.18 Å². The number of halogens is 3. The minimum atomic E-state index is -4.68. The summed E-state index contributed by atoms with van der Waals surface area (Å²) in [5.41, 5.74) is -1.77. The summed E-state index contributed by atoms with van der Waals surface area (Å²) in [6.45, 7) is 1.80. The number of hydrogen-bond acceptors (Lipinski definition) is 5. The number of aromatic nitrogens is 2. The summed E-state index contributed by atoms with van der Waals surface area (Å²) in [4.78, 5) is 18.7. The van der Waals surface area contributed by atoms with Crippen LogP contribution in [-0.2, 0) is 6.18 Å². The lowest BCUT2D eigenvalue weighted by Gasteiger charge is -2.24. The normalized spacial score (nSPS) is 12.8. The van der Waals surface area contributed by atoms with Gasteiger partial charge in [0.15, 0.2) is 0 Å². The molecule has 2 aromatic heterocycles. The number of pyridine rings is 2. The van der Waals surface area contributed by atoms with Crippen molar-refractivity contribution in [3.63, 3.8) is 0 Å². The minimum absolute atomic E-state index is 0.155. The molecule has 0 amide bonds. The summed E-state index contributed by atoms with van der Waals surface area (Å²) in [6.07, 6.45) is -4.97. The maximum absolute atomic E-state index is 13.3. The topological polar surface area (TPSA) is 74.0 Å². The highest BCUT2D eigenvalue weighted by Gasteiger charge is 2.33. The van der Waals surface area contributed by atoms with Crippen molar-refractivity contribution < 1.29 is 13.2 Å². The molecule has 29 heavy (non-hydrogen) atoms. The van der Waals surface area contributed by atoms with Gasteiger partial charge in [-0.25, -0.2) is 4.98 Å². The Hall–Kier alpha value is -3.38. The van der Waals surface area contributed by atoms with Gasteiger partial charge in [0, 0.05) is 5.39 Å². The monoisotopic (exact) mass is 401 g/mol. The van der Waals surface area contributed by atoms with Crippen molar-refractivity contribution in [2.24, 2.45) is 0 Å². The van der Waals surface area contributed by atoms with Crippen molar-refractivity contribution in [2.45, 2.75) is 19.3 Å². The predicted molar refractivity (Wildman–Crippen MR) is 104 cm³/mol. The Morgan fingerprint density at radius 1 is 1.17 bits per heavy atom. The molecule has 1 unspecified atom stereocenters. The van der Waals surface area contributed by atoms with E-state index >= 15 is 0 Å². The van der Waals surface area contributed by atoms with E-state index < -0.39 is 17.4 Å². The number of hydrogen-bond donors (Lipinski definition) is 1. The zero-order chi connectivity index (χ0) is 21.3. The fourth-order valence-corrected chi connectivity index (χ4v) is 2.83. The van der Waals surface area contributed by atoms with Gasteiger partial charge in [-0.05, 0) is 45.3 Å². The Bertz CT molecular complexity index is 1150. The van der Waals surface area contributed by atoms with Crippen LogP contribution in [0.15, 0.2) is 47.3 Å². The Kier molecular flexibility index (Phi) is 5.31. The highest BCUT2D eigenvalue weighted by Crippen LogP contribution is 2.32. The first kappa shape index (κ1) is 20.4. The lowest BCUT2D eigenvalue weighted by atomic mass is 10.1. The van der Waals surface area contributed by atoms with E-state index in [1.54, 1.807) is 56.3 Å². The Labute approximate surface area is 164 Å². The molecule has 0 radical (unpaired) electrons. The Morgan fingerprint density at radius 2 is 1.83 bits per heavy atom. The van der Waals surface area contributed by atoms with Gasteiger partial charge in [-0.2, -0.15) is 18.4 Å². The maximum atomic E-state index is 13.3. The van der Waals surface area contributed by atoms with Crippen molar-refractivity contribution in [1.82, 2.24) is 14.5 Å². The van der Waals surface area contributed by atoms with Crippen LogP contribution in [0.5, 0.6) is 0 Å². The van der Waals surface area contributed by atoms with E-state index in [2.05, 4.69) is 10.3 Å². The van der Waals surface area contributed by atoms with E-state index in [9.17, 15) is 23.2 Å². The lowest BCUT2D eigenvalue weighted by Crippen LogP contribution is -2.34. The SMILES string of the molecule is CC(Nc1c(C#N)c(=O)n(-c2ccccc2)c2nc(C(F)(F)F)ccc12)N(C)C. The molecule has 1 N–H and O–H groups in total. The summed E-state index contributed by atoms with van der Waals surface area (Å²) in [6, 6.07) is 12.1. The molecule has 0 spiro atoms. The molecule has 1 aromatic carbocycles. The number of fused-ring (bicyclic) bond motifs is 1. The summed E-state index contributed by atoms with van der Waals surface area (Å²) in [7, 11) is 3.58. The van der Waals surface area contributed by atoms with Crippen LogP contribution in [0.3, 0.4) is 0 Å². The third-order valence-corrected chi connectivity index (χ3v) is 4.57. The van der Waals surface area contributed by atoms with Crippen molar-refractivity contribution in [3.05, 3.63) is 64.1 Å². The van der Waals surface area contributed by atoms with Crippen LogP contribution < -0.4 is 10.9 Å². The highest BCUT2D eigenvalue weighted by molar-refractivity contribution is 5.93. The molecule has 3 rings (SSSR count). The van der Waals surface area contributed by atoms with Crippen molar-refractivity contribution >= 4 is 16.7 Å². The van der Waals surface area contributed by atoms with Gasteiger partial charge in [-0.3, -0.25) is 14.3 Å². The fraction of sp³-hybridized carbons (Fsp3) is 0.250. The van der Waals surface area contributed by atoms with Crippen LogP contribution in [-0.4, -0.2) is 34.7 Å². The van der Waals surface area contributed by atoms with Crippen molar-refractivity contribution in [2.75, 3.05) is 19.4 Å². The summed E-state index contributed by atoms with van der Waals surface area (Å²) >= 11 is 0. The summed E-state index contributed by atoms with van der Waals surface area (Å²) in [5, 5.41) is 12.9. The number of nitrogens with zero attached hydrogens (tertiary/aromatic N) is 4. The molecule has 9 heteroatoms. The standard InChI is InChI=1S/C20H18F3N5O/c1-12(27(2)3)25-17-14-9-10-16(20(21,22)23)26-18(14)28(19(29)15(17)11-24)13-7-5-4-6-8-13/h4-10,12,25H,1-3H3. The smallest absolute Gasteiger partial charge is 0.368 e. The third-order valence-electron chi connectivity index (χ3n) is 4.57. The first-order chi connectivity index (χ1) is 13.6. The molecule has 0 bridgehead atoms. The summed E-state index contributed by atoms with van der Waals surface area (Å²) in [5.74, 6) is 0. The van der Waals surface area contributed by atoms with Crippen LogP contribution in [0, 0.1) is 11.3 Å². The Morgan fingerprint density at radius 3 is 2.38 bits per heavy atom. The van der Waals surface area contributed by atoms with Gasteiger partial charge < -0.3 is 5.32 Å². The largest absolute Gasteiger partial charge is 0.433 e. The first-order valence-corrected chi connectivity index (χ1v) is 8.70. The second-order valence-electron chi connectivity index (χ2n) is 6.69. The van der Waals surface area contributed by atoms with E-state index in [1.807, 2.05) is 6.07 Å². The number of rotatable bonds is 4. The fourth-order valence-electron chi connectivity index (χ4n) is 2.83. The lowest BCUT2D eigenvalue weighted by molar-refractivity contribution is -0.141. The van der Waals surface area contributed by atoms with Crippen molar-refractivity contribution in [3.8, 4) is 11.8 Å². The molecule has 0 aliphatic carbocycles. The van der Waals surface area contributed by atoms with Crippen LogP contribution >= 0.6 is 0 Å². The molecule has 3 aromatic rings. The number of para-hydroxylation sites is 1. The van der Waals surface area contributed by atoms with E-state index in [0.717, 1.165) is 10.6 Å². The van der Waals surface area contributed by atoms with Gasteiger partial charge in [0.25, 0.3) is 5.56 Å². The van der Waals surface area contributed by atoms with E-state index in [0.29, 0.717) is 5.69 Å².